The Bertz CT molecular complexity index is 582. The second-order valence-corrected chi connectivity index (χ2v) is 4.80. The van der Waals surface area contributed by atoms with Gasteiger partial charge in [-0.25, -0.2) is 4.98 Å². The van der Waals surface area contributed by atoms with E-state index in [0.717, 1.165) is 11.3 Å². The van der Waals surface area contributed by atoms with Crippen LogP contribution in [-0.2, 0) is 7.05 Å². The number of para-hydroxylation sites is 1. The number of nitrogens with zero attached hydrogens (tertiary/aromatic N) is 3. The molecule has 0 aliphatic carbocycles. The van der Waals surface area contributed by atoms with Crippen LogP contribution in [0.2, 0.25) is 0 Å². The smallest absolute Gasteiger partial charge is 0.295 e. The van der Waals surface area contributed by atoms with Crippen LogP contribution < -0.4 is 5.32 Å². The summed E-state index contributed by atoms with van der Waals surface area (Å²) in [7, 11) is 1.77. The third-order valence-electron chi connectivity index (χ3n) is 3.01. The lowest BCUT2D eigenvalue weighted by molar-refractivity contribution is 0.101. The number of hydrogen-bond donors (Lipinski definition) is 1. The second-order valence-electron chi connectivity index (χ2n) is 4.80. The molecule has 0 radical (unpaired) electrons. The molecule has 100 valence electrons. The molecule has 0 spiro atoms. The maximum absolute atomic E-state index is 12.1. The molecule has 5 nitrogen and oxygen atoms in total. The predicted octanol–water partition coefficient (Wildman–Crippen LogP) is 2.50. The van der Waals surface area contributed by atoms with Crippen molar-refractivity contribution in [2.24, 2.45) is 7.05 Å². The average molecular weight is 258 g/mol. The van der Waals surface area contributed by atoms with E-state index in [1.807, 2.05) is 31.2 Å². The number of aromatic nitrogens is 3. The Kier molecular flexibility index (Phi) is 3.64. The number of amides is 1. The van der Waals surface area contributed by atoms with Gasteiger partial charge in [-0.3, -0.25) is 9.48 Å². The Labute approximate surface area is 112 Å². The number of rotatable bonds is 3. The zero-order chi connectivity index (χ0) is 14.0. The lowest BCUT2D eigenvalue weighted by Crippen LogP contribution is -2.15. The van der Waals surface area contributed by atoms with Gasteiger partial charge in [-0.15, -0.1) is 5.10 Å². The fraction of sp³-hybridized carbons (Fsp3) is 0.357. The van der Waals surface area contributed by atoms with Crippen LogP contribution in [0.5, 0.6) is 0 Å². The minimum atomic E-state index is -0.281. The summed E-state index contributed by atoms with van der Waals surface area (Å²) in [6.45, 7) is 5.99. The van der Waals surface area contributed by atoms with E-state index in [1.54, 1.807) is 11.7 Å². The molecule has 1 aromatic carbocycles. The van der Waals surface area contributed by atoms with E-state index in [9.17, 15) is 4.79 Å². The van der Waals surface area contributed by atoms with Gasteiger partial charge in [0.1, 0.15) is 5.82 Å². The first-order chi connectivity index (χ1) is 8.99. The number of benzene rings is 1. The quantitative estimate of drug-likeness (QED) is 0.920. The highest BCUT2D eigenvalue weighted by Gasteiger charge is 2.15. The standard InChI is InChI=1S/C14H18N4O/c1-9(2)11-7-5-6-8-12(11)16-14(19)13-15-10(3)18(4)17-13/h5-9H,1-4H3,(H,16,19). The molecular weight excluding hydrogens is 240 g/mol. The van der Waals surface area contributed by atoms with Gasteiger partial charge in [0.05, 0.1) is 0 Å². The maximum Gasteiger partial charge on any atom is 0.295 e. The van der Waals surface area contributed by atoms with Crippen LogP contribution in [0.15, 0.2) is 24.3 Å². The third-order valence-corrected chi connectivity index (χ3v) is 3.01. The molecule has 0 aliphatic rings. The lowest BCUT2D eigenvalue weighted by Gasteiger charge is -2.12. The summed E-state index contributed by atoms with van der Waals surface area (Å²) in [5.41, 5.74) is 1.91. The summed E-state index contributed by atoms with van der Waals surface area (Å²) in [6, 6.07) is 7.77. The SMILES string of the molecule is Cc1nc(C(=O)Nc2ccccc2C(C)C)nn1C. The highest BCUT2D eigenvalue weighted by Crippen LogP contribution is 2.23. The molecule has 2 aromatic rings. The molecular formula is C14H18N4O. The normalized spacial score (nSPS) is 10.8. The van der Waals surface area contributed by atoms with Crippen molar-refractivity contribution in [2.75, 3.05) is 5.32 Å². The summed E-state index contributed by atoms with van der Waals surface area (Å²) in [6.07, 6.45) is 0. The summed E-state index contributed by atoms with van der Waals surface area (Å²) in [5.74, 6) is 0.965. The van der Waals surface area contributed by atoms with Gasteiger partial charge >= 0.3 is 0 Å². The van der Waals surface area contributed by atoms with Gasteiger partial charge < -0.3 is 5.32 Å². The van der Waals surface area contributed by atoms with Crippen LogP contribution in [0.4, 0.5) is 5.69 Å². The van der Waals surface area contributed by atoms with Crippen molar-refractivity contribution in [2.45, 2.75) is 26.7 Å². The molecule has 1 aromatic heterocycles. The molecule has 0 saturated heterocycles. The first-order valence-corrected chi connectivity index (χ1v) is 6.27. The highest BCUT2D eigenvalue weighted by atomic mass is 16.2. The van der Waals surface area contributed by atoms with Gasteiger partial charge in [0.2, 0.25) is 5.82 Å². The fourth-order valence-corrected chi connectivity index (χ4v) is 1.85. The van der Waals surface area contributed by atoms with Crippen molar-refractivity contribution in [1.82, 2.24) is 14.8 Å². The number of nitrogens with one attached hydrogen (secondary N) is 1. The number of carbonyl (C=O) groups is 1. The van der Waals surface area contributed by atoms with Crippen molar-refractivity contribution in [3.8, 4) is 0 Å². The summed E-state index contributed by atoms with van der Waals surface area (Å²) < 4.78 is 1.59. The van der Waals surface area contributed by atoms with E-state index >= 15 is 0 Å². The van der Waals surface area contributed by atoms with E-state index in [0.29, 0.717) is 11.7 Å². The molecule has 0 saturated carbocycles. The van der Waals surface area contributed by atoms with Gasteiger partial charge in [-0.05, 0) is 24.5 Å². The monoisotopic (exact) mass is 258 g/mol. The minimum absolute atomic E-state index is 0.193. The van der Waals surface area contributed by atoms with Crippen molar-refractivity contribution in [1.29, 1.82) is 0 Å². The van der Waals surface area contributed by atoms with E-state index in [1.165, 1.54) is 0 Å². The van der Waals surface area contributed by atoms with Crippen LogP contribution in [-0.4, -0.2) is 20.7 Å². The van der Waals surface area contributed by atoms with E-state index in [-0.39, 0.29) is 11.7 Å². The fourth-order valence-electron chi connectivity index (χ4n) is 1.85. The van der Waals surface area contributed by atoms with Crippen LogP contribution >= 0.6 is 0 Å². The van der Waals surface area contributed by atoms with Gasteiger partial charge in [0.15, 0.2) is 0 Å². The van der Waals surface area contributed by atoms with E-state index in [4.69, 9.17) is 0 Å². The molecule has 1 N–H and O–H groups in total. The van der Waals surface area contributed by atoms with Crippen LogP contribution in [0.1, 0.15) is 41.8 Å². The van der Waals surface area contributed by atoms with E-state index < -0.39 is 0 Å². The summed E-state index contributed by atoms with van der Waals surface area (Å²) in [5, 5.41) is 6.95. The van der Waals surface area contributed by atoms with Crippen molar-refractivity contribution in [3.05, 3.63) is 41.5 Å². The lowest BCUT2D eigenvalue weighted by atomic mass is 10.0. The Balaban J connectivity index is 2.24. The van der Waals surface area contributed by atoms with Gasteiger partial charge in [0.25, 0.3) is 5.91 Å². The molecule has 0 aliphatic heterocycles. The minimum Gasteiger partial charge on any atom is -0.319 e. The zero-order valence-corrected chi connectivity index (χ0v) is 11.6. The highest BCUT2D eigenvalue weighted by molar-refractivity contribution is 6.02. The molecule has 0 bridgehead atoms. The number of hydrogen-bond acceptors (Lipinski definition) is 3. The number of aryl methyl sites for hydroxylation is 2. The number of carbonyl (C=O) groups excluding carboxylic acids is 1. The first kappa shape index (κ1) is 13.3. The molecule has 5 heteroatoms. The van der Waals surface area contributed by atoms with Crippen LogP contribution in [0.3, 0.4) is 0 Å². The third kappa shape index (κ3) is 2.81. The largest absolute Gasteiger partial charge is 0.319 e. The van der Waals surface area contributed by atoms with Gasteiger partial charge in [-0.2, -0.15) is 0 Å². The Morgan fingerprint density at radius 3 is 2.58 bits per heavy atom. The zero-order valence-electron chi connectivity index (χ0n) is 11.6. The molecule has 19 heavy (non-hydrogen) atoms. The molecule has 1 amide bonds. The van der Waals surface area contributed by atoms with Crippen molar-refractivity contribution in [3.63, 3.8) is 0 Å². The average Bonchev–Trinajstić information content (AvgIpc) is 2.70. The van der Waals surface area contributed by atoms with Crippen molar-refractivity contribution < 1.29 is 4.79 Å². The van der Waals surface area contributed by atoms with Crippen LogP contribution in [0, 0.1) is 6.92 Å². The Morgan fingerprint density at radius 2 is 2.00 bits per heavy atom. The Hall–Kier alpha value is -2.17. The molecule has 0 fully saturated rings. The topological polar surface area (TPSA) is 59.8 Å². The summed E-state index contributed by atoms with van der Waals surface area (Å²) >= 11 is 0. The van der Waals surface area contributed by atoms with Crippen molar-refractivity contribution >= 4 is 11.6 Å². The molecule has 2 rings (SSSR count). The second kappa shape index (κ2) is 5.22. The van der Waals surface area contributed by atoms with Gasteiger partial charge in [0, 0.05) is 12.7 Å². The first-order valence-electron chi connectivity index (χ1n) is 6.27. The maximum atomic E-state index is 12.1. The number of anilines is 1. The van der Waals surface area contributed by atoms with Gasteiger partial charge in [-0.1, -0.05) is 32.0 Å². The molecule has 0 atom stereocenters. The summed E-state index contributed by atoms with van der Waals surface area (Å²) in [4.78, 5) is 16.2. The predicted molar refractivity (Wildman–Crippen MR) is 74.2 cm³/mol. The Morgan fingerprint density at radius 1 is 1.32 bits per heavy atom. The molecule has 1 heterocycles. The van der Waals surface area contributed by atoms with E-state index in [2.05, 4.69) is 29.2 Å². The van der Waals surface area contributed by atoms with Crippen LogP contribution in [0.25, 0.3) is 0 Å². The molecule has 0 unspecified atom stereocenters.